The number of hydrogen-bond acceptors (Lipinski definition) is 3. The Labute approximate surface area is 120 Å². The quantitative estimate of drug-likeness (QED) is 0.879. The second kappa shape index (κ2) is 6.37. The minimum atomic E-state index is 0.659. The smallest absolute Gasteiger partial charge is 0.137 e. The van der Waals surface area contributed by atoms with Crippen molar-refractivity contribution in [2.45, 2.75) is 38.8 Å². The number of aromatic nitrogens is 2. The Morgan fingerprint density at radius 2 is 2.35 bits per heavy atom. The summed E-state index contributed by atoms with van der Waals surface area (Å²) >= 11 is 0. The highest BCUT2D eigenvalue weighted by molar-refractivity contribution is 5.79. The third-order valence-corrected chi connectivity index (χ3v) is 4.27. The molecule has 20 heavy (non-hydrogen) atoms. The van der Waals surface area contributed by atoms with Crippen molar-refractivity contribution < 1.29 is 0 Å². The Hall–Kier alpha value is -1.39. The van der Waals surface area contributed by atoms with Gasteiger partial charge in [0.25, 0.3) is 0 Å². The van der Waals surface area contributed by atoms with Crippen LogP contribution in [0.4, 0.5) is 0 Å². The molecular formula is C16H24N4. The largest absolute Gasteiger partial charge is 0.346 e. The molecule has 0 saturated carbocycles. The third kappa shape index (κ3) is 3.02. The third-order valence-electron chi connectivity index (χ3n) is 4.27. The molecule has 0 aromatic carbocycles. The summed E-state index contributed by atoms with van der Waals surface area (Å²) in [4.78, 5) is 10.2. The van der Waals surface area contributed by atoms with Gasteiger partial charge in [0, 0.05) is 36.9 Å². The van der Waals surface area contributed by atoms with Gasteiger partial charge in [-0.15, -0.1) is 0 Å². The topological polar surface area (TPSA) is 44.0 Å². The summed E-state index contributed by atoms with van der Waals surface area (Å²) in [5.74, 6) is 0. The van der Waals surface area contributed by atoms with Crippen molar-refractivity contribution in [3.8, 4) is 0 Å². The molecule has 0 bridgehead atoms. The normalized spacial score (nSPS) is 19.8. The van der Waals surface area contributed by atoms with Gasteiger partial charge in [-0.2, -0.15) is 0 Å². The predicted octanol–water partition coefficient (Wildman–Crippen LogP) is 2.53. The van der Waals surface area contributed by atoms with Crippen LogP contribution >= 0.6 is 0 Å². The van der Waals surface area contributed by atoms with Crippen molar-refractivity contribution in [2.75, 3.05) is 19.6 Å². The van der Waals surface area contributed by atoms with Crippen molar-refractivity contribution in [3.05, 3.63) is 30.1 Å². The standard InChI is InChI=1S/C16H24N4/c1-2-20(12-14-6-3-4-8-17-14)11-13-10-19-16-15(13)7-5-9-18-16/h5,7,9-10,14,17H,2-4,6,8,11-12H2,1H3,(H,18,19). The van der Waals surface area contributed by atoms with Crippen LogP contribution in [0.3, 0.4) is 0 Å². The van der Waals surface area contributed by atoms with Crippen LogP contribution in [0.2, 0.25) is 0 Å². The zero-order chi connectivity index (χ0) is 13.8. The van der Waals surface area contributed by atoms with Crippen LogP contribution in [-0.2, 0) is 6.54 Å². The molecule has 3 heterocycles. The minimum absolute atomic E-state index is 0.659. The second-order valence-electron chi connectivity index (χ2n) is 5.69. The molecular weight excluding hydrogens is 248 g/mol. The van der Waals surface area contributed by atoms with Crippen molar-refractivity contribution >= 4 is 11.0 Å². The van der Waals surface area contributed by atoms with E-state index in [0.717, 1.165) is 25.3 Å². The fourth-order valence-corrected chi connectivity index (χ4v) is 3.08. The maximum Gasteiger partial charge on any atom is 0.137 e. The molecule has 3 rings (SSSR count). The van der Waals surface area contributed by atoms with Crippen LogP contribution in [0.15, 0.2) is 24.5 Å². The first-order valence-electron chi connectivity index (χ1n) is 7.73. The molecule has 4 heteroatoms. The maximum absolute atomic E-state index is 4.36. The van der Waals surface area contributed by atoms with E-state index < -0.39 is 0 Å². The van der Waals surface area contributed by atoms with Gasteiger partial charge in [-0.3, -0.25) is 4.90 Å². The number of aromatic amines is 1. The molecule has 108 valence electrons. The van der Waals surface area contributed by atoms with Gasteiger partial charge >= 0.3 is 0 Å². The van der Waals surface area contributed by atoms with Gasteiger partial charge in [-0.05, 0) is 43.6 Å². The summed E-state index contributed by atoms with van der Waals surface area (Å²) in [7, 11) is 0. The van der Waals surface area contributed by atoms with Crippen molar-refractivity contribution in [2.24, 2.45) is 0 Å². The summed E-state index contributed by atoms with van der Waals surface area (Å²) in [5.41, 5.74) is 2.35. The van der Waals surface area contributed by atoms with E-state index in [2.05, 4.69) is 39.4 Å². The first-order valence-corrected chi connectivity index (χ1v) is 7.73. The molecule has 1 unspecified atom stereocenters. The Morgan fingerprint density at radius 3 is 3.15 bits per heavy atom. The summed E-state index contributed by atoms with van der Waals surface area (Å²) in [5, 5.41) is 4.89. The molecule has 2 N–H and O–H groups in total. The lowest BCUT2D eigenvalue weighted by atomic mass is 10.0. The molecule has 0 aliphatic carbocycles. The van der Waals surface area contributed by atoms with Gasteiger partial charge in [0.2, 0.25) is 0 Å². The Morgan fingerprint density at radius 1 is 1.40 bits per heavy atom. The maximum atomic E-state index is 4.36. The molecule has 4 nitrogen and oxygen atoms in total. The van der Waals surface area contributed by atoms with Crippen LogP contribution in [0.25, 0.3) is 11.0 Å². The van der Waals surface area contributed by atoms with Gasteiger partial charge in [0.1, 0.15) is 5.65 Å². The predicted molar refractivity (Wildman–Crippen MR) is 82.7 cm³/mol. The van der Waals surface area contributed by atoms with Crippen LogP contribution < -0.4 is 5.32 Å². The van der Waals surface area contributed by atoms with E-state index in [1.807, 2.05) is 12.3 Å². The van der Waals surface area contributed by atoms with Crippen LogP contribution in [0.5, 0.6) is 0 Å². The highest BCUT2D eigenvalue weighted by Crippen LogP contribution is 2.18. The van der Waals surface area contributed by atoms with Gasteiger partial charge in [0.15, 0.2) is 0 Å². The minimum Gasteiger partial charge on any atom is -0.346 e. The number of H-pyrrole nitrogens is 1. The number of piperidine rings is 1. The average molecular weight is 272 g/mol. The zero-order valence-electron chi connectivity index (χ0n) is 12.2. The summed E-state index contributed by atoms with van der Waals surface area (Å²) in [6.45, 7) is 6.66. The lowest BCUT2D eigenvalue weighted by Gasteiger charge is -2.29. The molecule has 1 fully saturated rings. The lowest BCUT2D eigenvalue weighted by Crippen LogP contribution is -2.43. The summed E-state index contributed by atoms with van der Waals surface area (Å²) < 4.78 is 0. The highest BCUT2D eigenvalue weighted by Gasteiger charge is 2.16. The molecule has 2 aromatic rings. The molecule has 0 amide bonds. The fraction of sp³-hybridized carbons (Fsp3) is 0.562. The summed E-state index contributed by atoms with van der Waals surface area (Å²) in [6.07, 6.45) is 7.95. The fourth-order valence-electron chi connectivity index (χ4n) is 3.08. The number of rotatable bonds is 5. The van der Waals surface area contributed by atoms with E-state index in [0.29, 0.717) is 6.04 Å². The van der Waals surface area contributed by atoms with Gasteiger partial charge < -0.3 is 10.3 Å². The van der Waals surface area contributed by atoms with E-state index in [-0.39, 0.29) is 0 Å². The van der Waals surface area contributed by atoms with Crippen molar-refractivity contribution in [1.82, 2.24) is 20.2 Å². The number of hydrogen-bond donors (Lipinski definition) is 2. The van der Waals surface area contributed by atoms with Crippen LogP contribution in [0.1, 0.15) is 31.7 Å². The number of likely N-dealkylation sites (N-methyl/N-ethyl adjacent to an activating group) is 1. The average Bonchev–Trinajstić information content (AvgIpc) is 2.91. The number of nitrogens with one attached hydrogen (secondary N) is 2. The Bertz CT molecular complexity index is 542. The van der Waals surface area contributed by atoms with Crippen molar-refractivity contribution in [1.29, 1.82) is 0 Å². The van der Waals surface area contributed by atoms with E-state index in [1.165, 1.54) is 36.8 Å². The van der Waals surface area contributed by atoms with Crippen LogP contribution in [0, 0.1) is 0 Å². The molecule has 1 saturated heterocycles. The molecule has 1 aliphatic heterocycles. The second-order valence-corrected chi connectivity index (χ2v) is 5.69. The van der Waals surface area contributed by atoms with Gasteiger partial charge in [-0.1, -0.05) is 13.3 Å². The SMILES string of the molecule is CCN(Cc1c[nH]c2ncccc12)CC1CCCCN1. The molecule has 0 radical (unpaired) electrons. The molecule has 1 aliphatic rings. The van der Waals surface area contributed by atoms with Crippen LogP contribution in [-0.4, -0.2) is 40.5 Å². The van der Waals surface area contributed by atoms with E-state index in [4.69, 9.17) is 0 Å². The summed E-state index contributed by atoms with van der Waals surface area (Å²) in [6, 6.07) is 4.83. The van der Waals surface area contributed by atoms with Gasteiger partial charge in [-0.25, -0.2) is 4.98 Å². The zero-order valence-corrected chi connectivity index (χ0v) is 12.2. The lowest BCUT2D eigenvalue weighted by molar-refractivity contribution is 0.227. The van der Waals surface area contributed by atoms with E-state index in [9.17, 15) is 0 Å². The Kier molecular flexibility index (Phi) is 4.33. The Balaban J connectivity index is 1.67. The highest BCUT2D eigenvalue weighted by atomic mass is 15.1. The molecule has 1 atom stereocenters. The number of pyridine rings is 1. The molecule has 2 aromatic heterocycles. The first-order chi connectivity index (χ1) is 9.86. The van der Waals surface area contributed by atoms with Crippen molar-refractivity contribution in [3.63, 3.8) is 0 Å². The number of fused-ring (bicyclic) bond motifs is 1. The number of nitrogens with zero attached hydrogens (tertiary/aromatic N) is 2. The van der Waals surface area contributed by atoms with E-state index >= 15 is 0 Å². The van der Waals surface area contributed by atoms with Gasteiger partial charge in [0.05, 0.1) is 0 Å². The van der Waals surface area contributed by atoms with E-state index in [1.54, 1.807) is 0 Å². The molecule has 0 spiro atoms. The first kappa shape index (κ1) is 13.6. The monoisotopic (exact) mass is 272 g/mol.